The molecule has 0 amide bonds. The zero-order valence-corrected chi connectivity index (χ0v) is 18.1. The zero-order valence-electron chi connectivity index (χ0n) is 17.3. The number of hydrogen-bond acceptors (Lipinski definition) is 3. The van der Waals surface area contributed by atoms with Gasteiger partial charge in [0.15, 0.2) is 5.11 Å². The van der Waals surface area contributed by atoms with E-state index in [0.29, 0.717) is 6.04 Å². The summed E-state index contributed by atoms with van der Waals surface area (Å²) in [5, 5.41) is 7.44. The summed E-state index contributed by atoms with van der Waals surface area (Å²) in [6, 6.07) is 21.5. The monoisotopic (exact) mass is 408 g/mol. The summed E-state index contributed by atoms with van der Waals surface area (Å²) < 4.78 is 0. The highest BCUT2D eigenvalue weighted by Crippen LogP contribution is 2.36. The molecule has 2 aromatic carbocycles. The maximum absolute atomic E-state index is 5.49. The van der Waals surface area contributed by atoms with E-state index in [1.54, 1.807) is 0 Å². The number of fused-ring (bicyclic) bond motifs is 3. The maximum atomic E-state index is 5.49. The number of benzene rings is 2. The second kappa shape index (κ2) is 9.70. The van der Waals surface area contributed by atoms with Gasteiger partial charge in [-0.1, -0.05) is 48.5 Å². The highest BCUT2D eigenvalue weighted by Gasteiger charge is 2.40. The van der Waals surface area contributed by atoms with Gasteiger partial charge in [-0.3, -0.25) is 4.90 Å². The van der Waals surface area contributed by atoms with Crippen molar-refractivity contribution in [3.05, 3.63) is 66.2 Å². The van der Waals surface area contributed by atoms with Crippen LogP contribution in [0.5, 0.6) is 0 Å². The quantitative estimate of drug-likeness (QED) is 0.680. The average Bonchev–Trinajstić information content (AvgIpc) is 2.74. The van der Waals surface area contributed by atoms with Gasteiger partial charge >= 0.3 is 0 Å². The van der Waals surface area contributed by atoms with Crippen LogP contribution in [0.4, 0.5) is 5.69 Å². The molecule has 154 valence electrons. The van der Waals surface area contributed by atoms with E-state index < -0.39 is 0 Å². The minimum atomic E-state index is 0.597. The van der Waals surface area contributed by atoms with Gasteiger partial charge in [-0.05, 0) is 68.2 Å². The van der Waals surface area contributed by atoms with Crippen molar-refractivity contribution in [2.24, 2.45) is 11.8 Å². The highest BCUT2D eigenvalue weighted by molar-refractivity contribution is 7.80. The molecule has 4 atom stereocenters. The second-order valence-electron chi connectivity index (χ2n) is 8.58. The van der Waals surface area contributed by atoms with E-state index in [1.165, 1.54) is 38.0 Å². The first-order chi connectivity index (χ1) is 14.2. The van der Waals surface area contributed by atoms with Crippen molar-refractivity contribution < 1.29 is 0 Å². The molecule has 0 saturated carbocycles. The van der Waals surface area contributed by atoms with Crippen molar-refractivity contribution in [3.63, 3.8) is 0 Å². The molecule has 4 nitrogen and oxygen atoms in total. The van der Waals surface area contributed by atoms with Gasteiger partial charge in [0.1, 0.15) is 0 Å². The van der Waals surface area contributed by atoms with Crippen LogP contribution in [0.2, 0.25) is 0 Å². The average molecular weight is 409 g/mol. The first kappa shape index (κ1) is 20.3. The molecular weight excluding hydrogens is 376 g/mol. The first-order valence-corrected chi connectivity index (χ1v) is 11.1. The van der Waals surface area contributed by atoms with Crippen molar-refractivity contribution in [2.45, 2.75) is 25.4 Å². The fourth-order valence-corrected chi connectivity index (χ4v) is 5.14. The molecule has 3 aliphatic rings. The SMILES string of the molecule is CN(Cc1ccccc1)C[C@H]1CN2CC[C@H]1C[C@@H]2CNC(=S)Nc1ccccc1. The van der Waals surface area contributed by atoms with Crippen molar-refractivity contribution >= 4 is 23.0 Å². The molecule has 0 spiro atoms. The second-order valence-corrected chi connectivity index (χ2v) is 8.98. The van der Waals surface area contributed by atoms with E-state index in [0.717, 1.165) is 35.7 Å². The predicted octanol–water partition coefficient (Wildman–Crippen LogP) is 3.82. The Morgan fingerprint density at radius 2 is 1.83 bits per heavy atom. The van der Waals surface area contributed by atoms with Crippen molar-refractivity contribution in [1.82, 2.24) is 15.1 Å². The van der Waals surface area contributed by atoms with E-state index in [-0.39, 0.29) is 0 Å². The number of piperidine rings is 3. The standard InChI is InChI=1S/C24H32N4S/c1-27(16-19-8-4-2-5-9-19)17-21-18-28-13-12-20(21)14-23(28)15-25-24(29)26-22-10-6-3-7-11-22/h2-11,20-21,23H,12-18H2,1H3,(H2,25,26,29)/t20-,21-,23+/m0/s1. The molecule has 5 heteroatoms. The van der Waals surface area contributed by atoms with Gasteiger partial charge in [0, 0.05) is 37.9 Å². The van der Waals surface area contributed by atoms with E-state index in [4.69, 9.17) is 12.2 Å². The Kier molecular flexibility index (Phi) is 6.80. The lowest BCUT2D eigenvalue weighted by Gasteiger charge is -2.50. The lowest BCUT2D eigenvalue weighted by atomic mass is 9.75. The summed E-state index contributed by atoms with van der Waals surface area (Å²) in [4.78, 5) is 5.17. The van der Waals surface area contributed by atoms with E-state index in [1.807, 2.05) is 30.3 Å². The third-order valence-electron chi connectivity index (χ3n) is 6.39. The topological polar surface area (TPSA) is 30.5 Å². The molecule has 0 radical (unpaired) electrons. The summed E-state index contributed by atoms with van der Waals surface area (Å²) in [6.45, 7) is 5.60. The normalized spacial score (nSPS) is 25.7. The van der Waals surface area contributed by atoms with E-state index in [2.05, 4.69) is 57.8 Å². The smallest absolute Gasteiger partial charge is 0.170 e. The minimum absolute atomic E-state index is 0.597. The van der Waals surface area contributed by atoms with Crippen LogP contribution in [0.25, 0.3) is 0 Å². The fourth-order valence-electron chi connectivity index (χ4n) is 4.94. The highest BCUT2D eigenvalue weighted by atomic mass is 32.1. The molecule has 2 aromatic rings. The molecule has 0 aromatic heterocycles. The summed E-state index contributed by atoms with van der Waals surface area (Å²) in [5.41, 5.74) is 2.44. The molecule has 2 bridgehead atoms. The molecule has 3 fully saturated rings. The molecule has 3 aliphatic heterocycles. The number of nitrogens with one attached hydrogen (secondary N) is 2. The van der Waals surface area contributed by atoms with Crippen molar-refractivity contribution in [1.29, 1.82) is 0 Å². The Bertz CT molecular complexity index is 782. The molecule has 1 unspecified atom stereocenters. The minimum Gasteiger partial charge on any atom is -0.361 e. The van der Waals surface area contributed by atoms with E-state index >= 15 is 0 Å². The zero-order chi connectivity index (χ0) is 20.1. The summed E-state index contributed by atoms with van der Waals surface area (Å²) in [6.07, 6.45) is 2.62. The first-order valence-electron chi connectivity index (χ1n) is 10.7. The Morgan fingerprint density at radius 3 is 2.52 bits per heavy atom. The molecule has 3 saturated heterocycles. The third-order valence-corrected chi connectivity index (χ3v) is 6.63. The fraction of sp³-hybridized carbons (Fsp3) is 0.458. The number of anilines is 1. The van der Waals surface area contributed by atoms with Crippen LogP contribution in [0.1, 0.15) is 18.4 Å². The number of thiocarbonyl (C=S) groups is 1. The van der Waals surface area contributed by atoms with Gasteiger partial charge in [0.25, 0.3) is 0 Å². The van der Waals surface area contributed by atoms with Crippen LogP contribution in [0.15, 0.2) is 60.7 Å². The Hall–Kier alpha value is -1.95. The number of nitrogens with zero attached hydrogens (tertiary/aromatic N) is 2. The lowest BCUT2D eigenvalue weighted by molar-refractivity contribution is -0.00845. The van der Waals surface area contributed by atoms with Crippen LogP contribution in [0.3, 0.4) is 0 Å². The Balaban J connectivity index is 1.23. The van der Waals surface area contributed by atoms with Gasteiger partial charge in [-0.2, -0.15) is 0 Å². The molecule has 29 heavy (non-hydrogen) atoms. The van der Waals surface area contributed by atoms with Crippen LogP contribution in [0, 0.1) is 11.8 Å². The van der Waals surface area contributed by atoms with Gasteiger partial charge in [-0.25, -0.2) is 0 Å². The van der Waals surface area contributed by atoms with Crippen LogP contribution in [-0.4, -0.2) is 54.2 Å². The van der Waals surface area contributed by atoms with Gasteiger partial charge in [0.05, 0.1) is 0 Å². The van der Waals surface area contributed by atoms with Gasteiger partial charge in [-0.15, -0.1) is 0 Å². The van der Waals surface area contributed by atoms with Crippen LogP contribution >= 0.6 is 12.2 Å². The summed E-state index contributed by atoms with van der Waals surface area (Å²) in [5.74, 6) is 1.61. The summed E-state index contributed by atoms with van der Waals surface area (Å²) >= 11 is 5.49. The van der Waals surface area contributed by atoms with E-state index in [9.17, 15) is 0 Å². The van der Waals surface area contributed by atoms with Crippen molar-refractivity contribution in [2.75, 3.05) is 38.5 Å². The third kappa shape index (κ3) is 5.56. The number of hydrogen-bond donors (Lipinski definition) is 2. The number of rotatable bonds is 7. The lowest BCUT2D eigenvalue weighted by Crippen LogP contribution is -2.58. The molecular formula is C24H32N4S. The van der Waals surface area contributed by atoms with Crippen molar-refractivity contribution in [3.8, 4) is 0 Å². The summed E-state index contributed by atoms with van der Waals surface area (Å²) in [7, 11) is 2.26. The largest absolute Gasteiger partial charge is 0.361 e. The maximum Gasteiger partial charge on any atom is 0.170 e. The Morgan fingerprint density at radius 1 is 1.10 bits per heavy atom. The molecule has 2 N–H and O–H groups in total. The molecule has 5 rings (SSSR count). The van der Waals surface area contributed by atoms with Crippen LogP contribution in [-0.2, 0) is 6.54 Å². The van der Waals surface area contributed by atoms with Gasteiger partial charge in [0.2, 0.25) is 0 Å². The number of para-hydroxylation sites is 1. The Labute approximate surface area is 180 Å². The predicted molar refractivity (Wildman–Crippen MR) is 125 cm³/mol. The van der Waals surface area contributed by atoms with Gasteiger partial charge < -0.3 is 15.5 Å². The molecule has 3 heterocycles. The molecule has 0 aliphatic carbocycles. The van der Waals surface area contributed by atoms with Crippen LogP contribution < -0.4 is 10.6 Å².